The van der Waals surface area contributed by atoms with Crippen LogP contribution in [0.15, 0.2) is 46.5 Å². The number of hydrogen-bond donors (Lipinski definition) is 2. The molecule has 0 unspecified atom stereocenters. The Labute approximate surface area is 124 Å². The molecule has 0 amide bonds. The normalized spacial score (nSPS) is 12.8. The van der Waals surface area contributed by atoms with Crippen LogP contribution in [0.1, 0.15) is 0 Å². The minimum Gasteiger partial charge on any atom is -0.282 e. The molecule has 0 atom stereocenters. The van der Waals surface area contributed by atoms with Crippen molar-refractivity contribution in [2.24, 2.45) is 0 Å². The van der Waals surface area contributed by atoms with Crippen molar-refractivity contribution >= 4 is 42.0 Å². The lowest BCUT2D eigenvalue weighted by atomic mass is 10.1. The van der Waals surface area contributed by atoms with E-state index < -0.39 is 30.2 Å². The van der Waals surface area contributed by atoms with E-state index in [0.29, 0.717) is 10.9 Å². The molecule has 114 valence electrons. The number of pyridine rings is 2. The van der Waals surface area contributed by atoms with Gasteiger partial charge in [0.1, 0.15) is 4.90 Å². The summed E-state index contributed by atoms with van der Waals surface area (Å²) in [6.07, 6.45) is 1.47. The molecule has 0 spiro atoms. The lowest BCUT2D eigenvalue weighted by molar-refractivity contribution is 0.462. The van der Waals surface area contributed by atoms with Gasteiger partial charge in [0.05, 0.1) is 11.0 Å². The minimum atomic E-state index is -4.95. The molecule has 0 radical (unpaired) electrons. The van der Waals surface area contributed by atoms with Crippen molar-refractivity contribution in [1.29, 1.82) is 0 Å². The Hall–Kier alpha value is -2.14. The number of benzene rings is 1. The lowest BCUT2D eigenvalue weighted by Gasteiger charge is -2.07. The molecule has 2 N–H and O–H groups in total. The first-order valence-electron chi connectivity index (χ1n) is 5.81. The zero-order chi connectivity index (χ0) is 16.1. The van der Waals surface area contributed by atoms with Crippen LogP contribution in [-0.4, -0.2) is 35.9 Å². The predicted molar refractivity (Wildman–Crippen MR) is 76.7 cm³/mol. The van der Waals surface area contributed by atoms with E-state index >= 15 is 0 Å². The molecule has 0 bridgehead atoms. The highest BCUT2D eigenvalue weighted by atomic mass is 32.2. The van der Waals surface area contributed by atoms with E-state index in [0.717, 1.165) is 6.07 Å². The predicted octanol–water partition coefficient (Wildman–Crippen LogP) is 1.28. The van der Waals surface area contributed by atoms with Crippen LogP contribution in [0.25, 0.3) is 21.8 Å². The van der Waals surface area contributed by atoms with Gasteiger partial charge in [0, 0.05) is 17.0 Å². The number of aromatic nitrogens is 2. The third-order valence-electron chi connectivity index (χ3n) is 3.01. The maximum absolute atomic E-state index is 11.4. The molecular weight excluding hydrogens is 332 g/mol. The average molecular weight is 340 g/mol. The molecule has 8 nitrogen and oxygen atoms in total. The van der Waals surface area contributed by atoms with Gasteiger partial charge in [0.25, 0.3) is 10.1 Å². The highest BCUT2D eigenvalue weighted by Crippen LogP contribution is 2.28. The van der Waals surface area contributed by atoms with Crippen LogP contribution in [0.4, 0.5) is 0 Å². The van der Waals surface area contributed by atoms with E-state index in [1.807, 2.05) is 0 Å². The molecule has 0 aliphatic heterocycles. The van der Waals surface area contributed by atoms with Gasteiger partial charge in [0.15, 0.2) is 0 Å². The zero-order valence-corrected chi connectivity index (χ0v) is 12.3. The highest BCUT2D eigenvalue weighted by Gasteiger charge is 2.27. The van der Waals surface area contributed by atoms with Gasteiger partial charge in [-0.05, 0) is 12.1 Å². The Morgan fingerprint density at radius 1 is 0.864 bits per heavy atom. The summed E-state index contributed by atoms with van der Waals surface area (Å²) in [7, 11) is -9.84. The first-order chi connectivity index (χ1) is 10.2. The molecule has 10 heteroatoms. The van der Waals surface area contributed by atoms with Crippen molar-refractivity contribution in [3.05, 3.63) is 36.5 Å². The lowest BCUT2D eigenvalue weighted by Crippen LogP contribution is -2.11. The maximum Gasteiger partial charge on any atom is 0.313 e. The SMILES string of the molecule is O=S(=O)(O)c1cc2ccc3cccnc3c2nc1S(=O)(=O)O. The van der Waals surface area contributed by atoms with Gasteiger partial charge in [-0.3, -0.25) is 14.1 Å². The summed E-state index contributed by atoms with van der Waals surface area (Å²) in [6, 6.07) is 7.47. The molecule has 0 saturated carbocycles. The van der Waals surface area contributed by atoms with E-state index in [2.05, 4.69) is 9.97 Å². The summed E-state index contributed by atoms with van der Waals surface area (Å²) >= 11 is 0. The maximum atomic E-state index is 11.4. The third-order valence-corrected chi connectivity index (χ3v) is 4.81. The summed E-state index contributed by atoms with van der Waals surface area (Å²) in [5.74, 6) is 0. The fourth-order valence-electron chi connectivity index (χ4n) is 2.11. The fraction of sp³-hybridized carbons (Fsp3) is 0. The molecule has 2 heterocycles. The average Bonchev–Trinajstić information content (AvgIpc) is 2.44. The summed E-state index contributed by atoms with van der Waals surface area (Å²) in [4.78, 5) is 6.79. The zero-order valence-electron chi connectivity index (χ0n) is 10.7. The van der Waals surface area contributed by atoms with Gasteiger partial charge in [0.2, 0.25) is 5.03 Å². The largest absolute Gasteiger partial charge is 0.313 e. The molecule has 3 aromatic rings. The molecule has 1 aromatic carbocycles. The third kappa shape index (κ3) is 2.41. The van der Waals surface area contributed by atoms with Crippen LogP contribution in [0, 0.1) is 0 Å². The van der Waals surface area contributed by atoms with E-state index in [1.54, 1.807) is 18.2 Å². The van der Waals surface area contributed by atoms with Crippen LogP contribution in [0.5, 0.6) is 0 Å². The topological polar surface area (TPSA) is 135 Å². The highest BCUT2D eigenvalue weighted by molar-refractivity contribution is 7.89. The monoisotopic (exact) mass is 340 g/mol. The van der Waals surface area contributed by atoms with Crippen molar-refractivity contribution in [3.63, 3.8) is 0 Å². The van der Waals surface area contributed by atoms with E-state index in [-0.39, 0.29) is 10.9 Å². The second-order valence-electron chi connectivity index (χ2n) is 4.45. The van der Waals surface area contributed by atoms with Gasteiger partial charge in [-0.25, -0.2) is 4.98 Å². The van der Waals surface area contributed by atoms with Crippen LogP contribution in [0.3, 0.4) is 0 Å². The van der Waals surface area contributed by atoms with Crippen molar-refractivity contribution in [2.45, 2.75) is 9.92 Å². The second kappa shape index (κ2) is 4.68. The first-order valence-corrected chi connectivity index (χ1v) is 8.69. The second-order valence-corrected chi connectivity index (χ2v) is 7.18. The van der Waals surface area contributed by atoms with Crippen LogP contribution in [0.2, 0.25) is 0 Å². The van der Waals surface area contributed by atoms with Crippen molar-refractivity contribution in [2.75, 3.05) is 0 Å². The van der Waals surface area contributed by atoms with Gasteiger partial charge >= 0.3 is 10.1 Å². The molecule has 0 aliphatic carbocycles. The summed E-state index contributed by atoms with van der Waals surface area (Å²) < 4.78 is 63.7. The van der Waals surface area contributed by atoms with Crippen LogP contribution < -0.4 is 0 Å². The Morgan fingerprint density at radius 3 is 2.18 bits per heavy atom. The van der Waals surface area contributed by atoms with Gasteiger partial charge in [-0.2, -0.15) is 16.8 Å². The van der Waals surface area contributed by atoms with Gasteiger partial charge < -0.3 is 0 Å². The van der Waals surface area contributed by atoms with Crippen LogP contribution >= 0.6 is 0 Å². The number of rotatable bonds is 2. The van der Waals surface area contributed by atoms with Gasteiger partial charge in [-0.1, -0.05) is 18.2 Å². The minimum absolute atomic E-state index is 0.0955. The molecular formula is C12H8N2O6S2. The Bertz CT molecular complexity index is 1120. The Kier molecular flexibility index (Phi) is 3.14. The molecule has 2 aromatic heterocycles. The van der Waals surface area contributed by atoms with E-state index in [1.165, 1.54) is 12.3 Å². The molecule has 0 saturated heterocycles. The summed E-state index contributed by atoms with van der Waals surface area (Å²) in [6.45, 7) is 0. The quantitative estimate of drug-likeness (QED) is 0.526. The molecule has 0 fully saturated rings. The van der Waals surface area contributed by atoms with Crippen molar-refractivity contribution < 1.29 is 25.9 Å². The van der Waals surface area contributed by atoms with Crippen LogP contribution in [-0.2, 0) is 20.2 Å². The Balaban J connectivity index is 2.57. The number of nitrogens with zero attached hydrogens (tertiary/aromatic N) is 2. The fourth-order valence-corrected chi connectivity index (χ4v) is 3.80. The van der Waals surface area contributed by atoms with Crippen molar-refractivity contribution in [1.82, 2.24) is 9.97 Å². The standard InChI is InChI=1S/C12H8N2O6S2/c15-21(16,17)9-6-8-4-3-7-2-1-5-13-10(7)11(8)14-12(9)22(18,19)20/h1-6H,(H,15,16,17)(H,18,19,20). The summed E-state index contributed by atoms with van der Waals surface area (Å²) in [5, 5.41) is -0.227. The smallest absolute Gasteiger partial charge is 0.282 e. The number of hydrogen-bond acceptors (Lipinski definition) is 6. The van der Waals surface area contributed by atoms with Crippen molar-refractivity contribution in [3.8, 4) is 0 Å². The Morgan fingerprint density at radius 2 is 1.55 bits per heavy atom. The van der Waals surface area contributed by atoms with E-state index in [4.69, 9.17) is 4.55 Å². The molecule has 0 aliphatic rings. The molecule has 3 rings (SSSR count). The molecule has 22 heavy (non-hydrogen) atoms. The first kappa shape index (κ1) is 14.8. The van der Waals surface area contributed by atoms with Gasteiger partial charge in [-0.15, -0.1) is 0 Å². The summed E-state index contributed by atoms with van der Waals surface area (Å²) in [5.41, 5.74) is 0.435. The van der Waals surface area contributed by atoms with E-state index in [9.17, 15) is 21.4 Å². The number of fused-ring (bicyclic) bond motifs is 3.